The van der Waals surface area contributed by atoms with Gasteiger partial charge < -0.3 is 20.4 Å². The van der Waals surface area contributed by atoms with E-state index in [0.717, 1.165) is 32.1 Å². The molecule has 1 aliphatic carbocycles. The molecule has 6 nitrogen and oxygen atoms in total. The average molecular weight is 485 g/mol. The van der Waals surface area contributed by atoms with Gasteiger partial charge in [0.15, 0.2) is 5.96 Å². The number of benzene rings is 1. The van der Waals surface area contributed by atoms with Crippen LogP contribution < -0.4 is 15.5 Å². The van der Waals surface area contributed by atoms with Gasteiger partial charge in [-0.15, -0.1) is 24.0 Å². The molecule has 7 heteroatoms. The predicted octanol–water partition coefficient (Wildman–Crippen LogP) is 2.45. The molecule has 2 aliphatic rings. The standard InChI is InChI=1S/C20H31N5O.HI/c1-21-20(23-17-7-5-6-8-17)22-12-11-19(26)25-15-13-24(14-16-25)18-9-3-2-4-10-18;/h2-4,9-10,17H,5-8,11-16H2,1H3,(H2,21,22,23);1H. The fourth-order valence-corrected chi connectivity index (χ4v) is 3.76. The monoisotopic (exact) mass is 485 g/mol. The van der Waals surface area contributed by atoms with Crippen molar-refractivity contribution in [3.8, 4) is 0 Å². The number of nitrogens with zero attached hydrogens (tertiary/aromatic N) is 3. The maximum absolute atomic E-state index is 12.5. The predicted molar refractivity (Wildman–Crippen MR) is 122 cm³/mol. The summed E-state index contributed by atoms with van der Waals surface area (Å²) in [5, 5.41) is 6.73. The third kappa shape index (κ3) is 6.55. The highest BCUT2D eigenvalue weighted by molar-refractivity contribution is 14.0. The molecule has 1 aliphatic heterocycles. The molecule has 1 aromatic rings. The fourth-order valence-electron chi connectivity index (χ4n) is 3.76. The number of hydrogen-bond donors (Lipinski definition) is 2. The molecule has 1 heterocycles. The lowest BCUT2D eigenvalue weighted by Crippen LogP contribution is -2.49. The van der Waals surface area contributed by atoms with Crippen molar-refractivity contribution in [3.05, 3.63) is 30.3 Å². The number of hydrogen-bond acceptors (Lipinski definition) is 3. The quantitative estimate of drug-likeness (QED) is 0.382. The van der Waals surface area contributed by atoms with E-state index in [0.29, 0.717) is 19.0 Å². The molecule has 2 fully saturated rings. The van der Waals surface area contributed by atoms with E-state index in [2.05, 4.69) is 44.8 Å². The number of anilines is 1. The molecule has 3 rings (SSSR count). The third-order valence-corrected chi connectivity index (χ3v) is 5.30. The number of piperazine rings is 1. The Hall–Kier alpha value is -1.51. The summed E-state index contributed by atoms with van der Waals surface area (Å²) in [5.41, 5.74) is 1.24. The Bertz CT molecular complexity index is 596. The lowest BCUT2D eigenvalue weighted by molar-refractivity contribution is -0.131. The van der Waals surface area contributed by atoms with Gasteiger partial charge in [-0.25, -0.2) is 0 Å². The number of guanidine groups is 1. The fraction of sp³-hybridized carbons (Fsp3) is 0.600. The van der Waals surface area contributed by atoms with Crippen molar-refractivity contribution in [1.29, 1.82) is 0 Å². The van der Waals surface area contributed by atoms with E-state index in [1.54, 1.807) is 7.05 Å². The maximum atomic E-state index is 12.5. The molecule has 1 aromatic carbocycles. The zero-order valence-electron chi connectivity index (χ0n) is 16.2. The van der Waals surface area contributed by atoms with Gasteiger partial charge in [-0.05, 0) is 25.0 Å². The number of halogens is 1. The SMILES string of the molecule is CN=C(NCCC(=O)N1CCN(c2ccccc2)CC1)NC1CCCC1.I. The number of nitrogens with one attached hydrogen (secondary N) is 2. The molecule has 0 radical (unpaired) electrons. The summed E-state index contributed by atoms with van der Waals surface area (Å²) in [4.78, 5) is 21.1. The van der Waals surface area contributed by atoms with Crippen LogP contribution in [0.2, 0.25) is 0 Å². The van der Waals surface area contributed by atoms with Crippen LogP contribution in [0.5, 0.6) is 0 Å². The molecule has 0 bridgehead atoms. The van der Waals surface area contributed by atoms with Crippen molar-refractivity contribution >= 4 is 41.5 Å². The number of para-hydroxylation sites is 1. The minimum Gasteiger partial charge on any atom is -0.368 e. The second-order valence-corrected chi connectivity index (χ2v) is 7.08. The van der Waals surface area contributed by atoms with Crippen molar-refractivity contribution in [2.75, 3.05) is 44.7 Å². The molecule has 1 saturated heterocycles. The Balaban J connectivity index is 0.00000261. The summed E-state index contributed by atoms with van der Waals surface area (Å²) in [6, 6.07) is 10.9. The van der Waals surface area contributed by atoms with Crippen molar-refractivity contribution < 1.29 is 4.79 Å². The number of carbonyl (C=O) groups excluding carboxylic acids is 1. The van der Waals surface area contributed by atoms with Gasteiger partial charge in [0, 0.05) is 57.9 Å². The van der Waals surface area contributed by atoms with E-state index in [9.17, 15) is 4.79 Å². The lowest BCUT2D eigenvalue weighted by Gasteiger charge is -2.36. The Morgan fingerprint density at radius 2 is 1.78 bits per heavy atom. The highest BCUT2D eigenvalue weighted by Gasteiger charge is 2.21. The first-order valence-electron chi connectivity index (χ1n) is 9.81. The first kappa shape index (κ1) is 21.8. The van der Waals surface area contributed by atoms with Gasteiger partial charge in [0.05, 0.1) is 0 Å². The first-order chi connectivity index (χ1) is 12.8. The highest BCUT2D eigenvalue weighted by atomic mass is 127. The second kappa shape index (κ2) is 11.4. The van der Waals surface area contributed by atoms with E-state index in [-0.39, 0.29) is 29.9 Å². The molecular formula is C20H32IN5O. The molecular weight excluding hydrogens is 453 g/mol. The largest absolute Gasteiger partial charge is 0.368 e. The van der Waals surface area contributed by atoms with Crippen LogP contribution in [0, 0.1) is 0 Å². The normalized spacial score (nSPS) is 18.2. The van der Waals surface area contributed by atoms with E-state index in [1.807, 2.05) is 11.0 Å². The lowest BCUT2D eigenvalue weighted by atomic mass is 10.2. The summed E-state index contributed by atoms with van der Waals surface area (Å²) in [5.74, 6) is 1.04. The van der Waals surface area contributed by atoms with Crippen molar-refractivity contribution in [2.45, 2.75) is 38.1 Å². The molecule has 0 aromatic heterocycles. The Morgan fingerprint density at radius 1 is 1.11 bits per heavy atom. The third-order valence-electron chi connectivity index (χ3n) is 5.30. The van der Waals surface area contributed by atoms with Crippen molar-refractivity contribution in [3.63, 3.8) is 0 Å². The van der Waals surface area contributed by atoms with Gasteiger partial charge in [0.1, 0.15) is 0 Å². The van der Waals surface area contributed by atoms with E-state index < -0.39 is 0 Å². The van der Waals surface area contributed by atoms with E-state index in [4.69, 9.17) is 0 Å². The Labute approximate surface area is 179 Å². The summed E-state index contributed by atoms with van der Waals surface area (Å²) < 4.78 is 0. The molecule has 150 valence electrons. The topological polar surface area (TPSA) is 60.0 Å². The van der Waals surface area contributed by atoms with Crippen LogP contribution in [0.15, 0.2) is 35.3 Å². The zero-order valence-corrected chi connectivity index (χ0v) is 18.5. The van der Waals surface area contributed by atoms with Crippen LogP contribution in [0.4, 0.5) is 5.69 Å². The Morgan fingerprint density at radius 3 is 2.41 bits per heavy atom. The molecule has 0 spiro atoms. The van der Waals surface area contributed by atoms with Gasteiger partial charge >= 0.3 is 0 Å². The van der Waals surface area contributed by atoms with Crippen LogP contribution in [0.25, 0.3) is 0 Å². The van der Waals surface area contributed by atoms with Crippen molar-refractivity contribution in [1.82, 2.24) is 15.5 Å². The summed E-state index contributed by atoms with van der Waals surface area (Å²) >= 11 is 0. The minimum absolute atomic E-state index is 0. The highest BCUT2D eigenvalue weighted by Crippen LogP contribution is 2.17. The van der Waals surface area contributed by atoms with Gasteiger partial charge in [0.25, 0.3) is 0 Å². The van der Waals surface area contributed by atoms with Gasteiger partial charge in [-0.3, -0.25) is 9.79 Å². The van der Waals surface area contributed by atoms with Crippen LogP contribution in [-0.2, 0) is 4.79 Å². The molecule has 0 unspecified atom stereocenters. The van der Waals surface area contributed by atoms with E-state index >= 15 is 0 Å². The zero-order chi connectivity index (χ0) is 18.2. The summed E-state index contributed by atoms with van der Waals surface area (Å²) in [7, 11) is 1.79. The summed E-state index contributed by atoms with van der Waals surface area (Å²) in [6.07, 6.45) is 5.53. The maximum Gasteiger partial charge on any atom is 0.224 e. The van der Waals surface area contributed by atoms with Crippen LogP contribution in [-0.4, -0.2) is 62.6 Å². The van der Waals surface area contributed by atoms with Crippen molar-refractivity contribution in [2.24, 2.45) is 4.99 Å². The molecule has 1 amide bonds. The molecule has 2 N–H and O–H groups in total. The van der Waals surface area contributed by atoms with E-state index in [1.165, 1.54) is 31.4 Å². The number of aliphatic imine (C=N–C) groups is 1. The number of amides is 1. The van der Waals surface area contributed by atoms with Crippen LogP contribution in [0.3, 0.4) is 0 Å². The van der Waals surface area contributed by atoms with Crippen LogP contribution in [0.1, 0.15) is 32.1 Å². The molecule has 27 heavy (non-hydrogen) atoms. The average Bonchev–Trinajstić information content (AvgIpc) is 3.21. The first-order valence-corrected chi connectivity index (χ1v) is 9.81. The summed E-state index contributed by atoms with van der Waals surface area (Å²) in [6.45, 7) is 4.01. The smallest absolute Gasteiger partial charge is 0.224 e. The van der Waals surface area contributed by atoms with Gasteiger partial charge in [-0.1, -0.05) is 31.0 Å². The Kier molecular flexibility index (Phi) is 9.17. The molecule has 0 atom stereocenters. The number of rotatable bonds is 5. The minimum atomic E-state index is 0. The van der Waals surface area contributed by atoms with Gasteiger partial charge in [-0.2, -0.15) is 0 Å². The van der Waals surface area contributed by atoms with Crippen LogP contribution >= 0.6 is 24.0 Å². The second-order valence-electron chi connectivity index (χ2n) is 7.08. The van der Waals surface area contributed by atoms with Gasteiger partial charge in [0.2, 0.25) is 5.91 Å². The molecule has 1 saturated carbocycles. The number of carbonyl (C=O) groups is 1.